The van der Waals surface area contributed by atoms with Crippen LogP contribution in [-0.2, 0) is 22.0 Å². The van der Waals surface area contributed by atoms with E-state index in [1.165, 1.54) is 10.8 Å². The van der Waals surface area contributed by atoms with E-state index in [1.54, 1.807) is 36.7 Å². The van der Waals surface area contributed by atoms with E-state index in [0.717, 1.165) is 23.8 Å². The first-order valence-electron chi connectivity index (χ1n) is 8.35. The van der Waals surface area contributed by atoms with Crippen molar-refractivity contribution in [2.45, 2.75) is 6.18 Å². The zero-order chi connectivity index (χ0) is 21.5. The molecule has 30 heavy (non-hydrogen) atoms. The molecule has 1 N–H and O–H groups in total. The van der Waals surface area contributed by atoms with Gasteiger partial charge in [0.15, 0.2) is 16.0 Å². The van der Waals surface area contributed by atoms with E-state index >= 15 is 0 Å². The Bertz CT molecular complexity index is 1190. The third kappa shape index (κ3) is 4.10. The van der Waals surface area contributed by atoms with Gasteiger partial charge in [-0.15, -0.1) is 0 Å². The van der Waals surface area contributed by atoms with Gasteiger partial charge in [-0.25, -0.2) is 8.89 Å². The third-order valence-electron chi connectivity index (χ3n) is 4.12. The van der Waals surface area contributed by atoms with Gasteiger partial charge in [0.2, 0.25) is 0 Å². The average molecular weight is 454 g/mol. The lowest BCUT2D eigenvalue weighted by atomic mass is 10.1. The Morgan fingerprint density at radius 1 is 1.10 bits per heavy atom. The molecule has 1 unspecified atom stereocenters. The van der Waals surface area contributed by atoms with Crippen LogP contribution in [0.5, 0.6) is 11.5 Å². The highest BCUT2D eigenvalue weighted by Gasteiger charge is 2.31. The molecule has 1 amide bonds. The number of carbonyl (C=O) groups is 1. The van der Waals surface area contributed by atoms with Gasteiger partial charge < -0.3 is 4.74 Å². The van der Waals surface area contributed by atoms with Gasteiger partial charge in [0.25, 0.3) is 5.91 Å². The number of ether oxygens (including phenoxy) is 1. The molecule has 2 aromatic carbocycles. The summed E-state index contributed by atoms with van der Waals surface area (Å²) in [5, 5.41) is 4.18. The van der Waals surface area contributed by atoms with Crippen molar-refractivity contribution in [1.82, 2.24) is 14.5 Å². The number of carbonyl (C=O) groups excluding carboxylic acids is 1. The Labute approximate surface area is 175 Å². The van der Waals surface area contributed by atoms with Gasteiger partial charge in [-0.3, -0.25) is 9.52 Å². The number of amides is 1. The Kier molecular flexibility index (Phi) is 5.12. The van der Waals surface area contributed by atoms with Crippen LogP contribution in [0.2, 0.25) is 5.02 Å². The maximum absolute atomic E-state index is 12.7. The first kappa shape index (κ1) is 20.2. The molecule has 1 atom stereocenters. The number of benzene rings is 2. The van der Waals surface area contributed by atoms with Gasteiger partial charge in [0.1, 0.15) is 11.5 Å². The highest BCUT2D eigenvalue weighted by Crippen LogP contribution is 2.36. The normalized spacial score (nSPS) is 16.3. The SMILES string of the molecule is O=C1C=C(n2cc(-c3ccc(Oc4ccc(C(F)(F)F)cc4Cl)cc3)cn2)S(=O)N1. The van der Waals surface area contributed by atoms with Crippen LogP contribution >= 0.6 is 11.6 Å². The first-order chi connectivity index (χ1) is 14.2. The van der Waals surface area contributed by atoms with Gasteiger partial charge in [-0.1, -0.05) is 23.7 Å². The number of aromatic nitrogens is 2. The van der Waals surface area contributed by atoms with Crippen molar-refractivity contribution in [2.75, 3.05) is 0 Å². The molecule has 0 fully saturated rings. The second-order valence-corrected chi connectivity index (χ2v) is 7.73. The highest BCUT2D eigenvalue weighted by atomic mass is 35.5. The fourth-order valence-corrected chi connectivity index (χ4v) is 3.73. The summed E-state index contributed by atoms with van der Waals surface area (Å²) in [6, 6.07) is 9.55. The molecule has 0 aliphatic carbocycles. The van der Waals surface area contributed by atoms with E-state index in [4.69, 9.17) is 16.3 Å². The van der Waals surface area contributed by atoms with Gasteiger partial charge in [0.05, 0.1) is 16.8 Å². The summed E-state index contributed by atoms with van der Waals surface area (Å²) in [7, 11) is -1.66. The molecule has 0 bridgehead atoms. The summed E-state index contributed by atoms with van der Waals surface area (Å²) in [5.74, 6) is 0.0177. The lowest BCUT2D eigenvalue weighted by Crippen LogP contribution is -2.17. The largest absolute Gasteiger partial charge is 0.456 e. The van der Waals surface area contributed by atoms with E-state index < -0.39 is 28.6 Å². The number of nitrogens with zero attached hydrogens (tertiary/aromatic N) is 2. The number of rotatable bonds is 4. The van der Waals surface area contributed by atoms with E-state index in [-0.39, 0.29) is 15.8 Å². The molecular formula is C19H11ClF3N3O3S. The predicted octanol–water partition coefficient (Wildman–Crippen LogP) is 4.61. The molecule has 0 radical (unpaired) electrons. The molecule has 1 aromatic heterocycles. The summed E-state index contributed by atoms with van der Waals surface area (Å²) in [5.41, 5.74) is 0.601. The minimum absolute atomic E-state index is 0.0954. The van der Waals surface area contributed by atoms with Crippen molar-refractivity contribution < 1.29 is 26.9 Å². The average Bonchev–Trinajstić information content (AvgIpc) is 3.29. The van der Waals surface area contributed by atoms with Crippen molar-refractivity contribution in [3.05, 3.63) is 71.5 Å². The highest BCUT2D eigenvalue weighted by molar-refractivity contribution is 7.93. The molecule has 0 saturated carbocycles. The monoisotopic (exact) mass is 453 g/mol. The predicted molar refractivity (Wildman–Crippen MR) is 105 cm³/mol. The summed E-state index contributed by atoms with van der Waals surface area (Å²) in [6.45, 7) is 0. The fraction of sp³-hybridized carbons (Fsp3) is 0.0526. The minimum atomic E-state index is -4.49. The second kappa shape index (κ2) is 7.62. The zero-order valence-corrected chi connectivity index (χ0v) is 16.4. The van der Waals surface area contributed by atoms with Crippen LogP contribution in [0.15, 0.2) is 60.9 Å². The van der Waals surface area contributed by atoms with Crippen LogP contribution in [-0.4, -0.2) is 19.9 Å². The molecule has 1 aliphatic rings. The Balaban J connectivity index is 1.51. The van der Waals surface area contributed by atoms with E-state index in [9.17, 15) is 22.2 Å². The Morgan fingerprint density at radius 3 is 2.43 bits per heavy atom. The van der Waals surface area contributed by atoms with Crippen LogP contribution in [0.3, 0.4) is 0 Å². The fourth-order valence-electron chi connectivity index (χ4n) is 2.68. The van der Waals surface area contributed by atoms with Crippen LogP contribution in [0.1, 0.15) is 5.56 Å². The van der Waals surface area contributed by atoms with Crippen LogP contribution < -0.4 is 9.46 Å². The molecule has 3 aromatic rings. The van der Waals surface area contributed by atoms with Crippen molar-refractivity contribution in [1.29, 1.82) is 0 Å². The number of alkyl halides is 3. The van der Waals surface area contributed by atoms with E-state index in [2.05, 4.69) is 9.82 Å². The quantitative estimate of drug-likeness (QED) is 0.626. The van der Waals surface area contributed by atoms with Gasteiger partial charge in [0, 0.05) is 17.8 Å². The number of hydrogen-bond donors (Lipinski definition) is 1. The molecule has 11 heteroatoms. The van der Waals surface area contributed by atoms with Crippen LogP contribution in [0.4, 0.5) is 13.2 Å². The van der Waals surface area contributed by atoms with E-state index in [1.807, 2.05) is 0 Å². The van der Waals surface area contributed by atoms with Crippen molar-refractivity contribution in [3.63, 3.8) is 0 Å². The number of hydrogen-bond acceptors (Lipinski definition) is 4. The molecule has 1 aliphatic heterocycles. The first-order valence-corrected chi connectivity index (χ1v) is 9.88. The molecule has 6 nitrogen and oxygen atoms in total. The topological polar surface area (TPSA) is 73.2 Å². The molecule has 0 spiro atoms. The van der Waals surface area contributed by atoms with Gasteiger partial charge >= 0.3 is 6.18 Å². The molecule has 0 saturated heterocycles. The number of nitrogens with one attached hydrogen (secondary N) is 1. The summed E-state index contributed by atoms with van der Waals surface area (Å²) in [4.78, 5) is 11.3. The standard InChI is InChI=1S/C19H11ClF3N3O3S/c20-15-7-13(19(21,22)23)3-6-16(15)29-14-4-1-11(2-5-14)12-9-24-26(10-12)18-8-17(27)25-30(18)28/h1-10H,(H,25,27). The van der Waals surface area contributed by atoms with Crippen molar-refractivity contribution in [3.8, 4) is 22.6 Å². The maximum atomic E-state index is 12.7. The van der Waals surface area contributed by atoms with Gasteiger partial charge in [-0.05, 0) is 35.9 Å². The smallest absolute Gasteiger partial charge is 0.416 e. The third-order valence-corrected chi connectivity index (χ3v) is 5.49. The molecule has 154 valence electrons. The van der Waals surface area contributed by atoms with E-state index in [0.29, 0.717) is 11.3 Å². The van der Waals surface area contributed by atoms with Gasteiger partial charge in [-0.2, -0.15) is 18.3 Å². The lowest BCUT2D eigenvalue weighted by molar-refractivity contribution is -0.137. The molecular weight excluding hydrogens is 443 g/mol. The number of halogens is 4. The lowest BCUT2D eigenvalue weighted by Gasteiger charge is -2.11. The molecule has 4 rings (SSSR count). The maximum Gasteiger partial charge on any atom is 0.416 e. The second-order valence-electron chi connectivity index (χ2n) is 6.16. The van der Waals surface area contributed by atoms with Crippen molar-refractivity contribution >= 4 is 33.5 Å². The molecule has 2 heterocycles. The summed E-state index contributed by atoms with van der Waals surface area (Å²) < 4.78 is 59.2. The summed E-state index contributed by atoms with van der Waals surface area (Å²) in [6.07, 6.45) is -0.119. The Morgan fingerprint density at radius 2 is 1.83 bits per heavy atom. The minimum Gasteiger partial charge on any atom is -0.456 e. The Hall–Kier alpha value is -3.11. The van der Waals surface area contributed by atoms with Crippen LogP contribution in [0, 0.1) is 0 Å². The van der Waals surface area contributed by atoms with Crippen molar-refractivity contribution in [2.24, 2.45) is 0 Å². The van der Waals surface area contributed by atoms with Crippen LogP contribution in [0.25, 0.3) is 16.2 Å². The summed E-state index contributed by atoms with van der Waals surface area (Å²) >= 11 is 5.90. The zero-order valence-electron chi connectivity index (χ0n) is 14.8.